The number of benzene rings is 1. The third-order valence-electron chi connectivity index (χ3n) is 2.66. The van der Waals surface area contributed by atoms with E-state index in [4.69, 9.17) is 0 Å². The van der Waals surface area contributed by atoms with Gasteiger partial charge in [0, 0.05) is 12.6 Å². The van der Waals surface area contributed by atoms with Gasteiger partial charge in [-0.25, -0.2) is 18.7 Å². The zero-order chi connectivity index (χ0) is 12.5. The molecule has 0 unspecified atom stereocenters. The Kier molecular flexibility index (Phi) is 2.51. The van der Waals surface area contributed by atoms with E-state index >= 15 is 0 Å². The molecule has 0 atom stereocenters. The quantitative estimate of drug-likeness (QED) is 0.754. The van der Waals surface area contributed by atoms with Gasteiger partial charge in [-0.1, -0.05) is 6.07 Å². The van der Waals surface area contributed by atoms with Crippen LogP contribution >= 0.6 is 0 Å². The maximum atomic E-state index is 13.1. The number of nitrogens with one attached hydrogen (secondary N) is 1. The van der Waals surface area contributed by atoms with Crippen molar-refractivity contribution in [2.75, 3.05) is 0 Å². The Morgan fingerprint density at radius 1 is 1.11 bits per heavy atom. The van der Waals surface area contributed by atoms with E-state index in [0.717, 1.165) is 11.6 Å². The van der Waals surface area contributed by atoms with Gasteiger partial charge in [0.2, 0.25) is 0 Å². The first-order valence-corrected chi connectivity index (χ1v) is 5.46. The molecule has 3 aromatic rings. The number of pyridine rings is 1. The number of imidazole rings is 1. The van der Waals surface area contributed by atoms with Crippen molar-refractivity contribution in [3.8, 4) is 0 Å². The molecule has 3 nitrogen and oxygen atoms in total. The van der Waals surface area contributed by atoms with Crippen molar-refractivity contribution in [1.82, 2.24) is 15.0 Å². The number of H-pyrrole nitrogens is 1. The van der Waals surface area contributed by atoms with E-state index in [2.05, 4.69) is 15.0 Å². The van der Waals surface area contributed by atoms with Crippen LogP contribution < -0.4 is 0 Å². The fourth-order valence-electron chi connectivity index (χ4n) is 1.82. The Morgan fingerprint density at radius 3 is 2.78 bits per heavy atom. The minimum absolute atomic E-state index is 0.410. The van der Waals surface area contributed by atoms with E-state index in [1.165, 1.54) is 6.07 Å². The lowest BCUT2D eigenvalue weighted by atomic mass is 10.1. The van der Waals surface area contributed by atoms with Crippen molar-refractivity contribution >= 4 is 11.2 Å². The number of hydrogen-bond acceptors (Lipinski definition) is 2. The summed E-state index contributed by atoms with van der Waals surface area (Å²) in [6.07, 6.45) is 2.07. The first-order chi connectivity index (χ1) is 8.72. The highest BCUT2D eigenvalue weighted by Crippen LogP contribution is 2.14. The van der Waals surface area contributed by atoms with Gasteiger partial charge in [0.05, 0.1) is 5.52 Å². The van der Waals surface area contributed by atoms with E-state index in [1.54, 1.807) is 12.3 Å². The molecule has 2 heterocycles. The highest BCUT2D eigenvalue weighted by Gasteiger charge is 2.07. The fourth-order valence-corrected chi connectivity index (χ4v) is 1.82. The minimum Gasteiger partial charge on any atom is -0.340 e. The zero-order valence-electron chi connectivity index (χ0n) is 9.32. The molecule has 3 rings (SSSR count). The summed E-state index contributed by atoms with van der Waals surface area (Å²) >= 11 is 0. The molecule has 1 aromatic carbocycles. The van der Waals surface area contributed by atoms with Gasteiger partial charge >= 0.3 is 0 Å². The van der Waals surface area contributed by atoms with Gasteiger partial charge in [-0.3, -0.25) is 0 Å². The second kappa shape index (κ2) is 4.18. The van der Waals surface area contributed by atoms with Gasteiger partial charge in [-0.2, -0.15) is 0 Å². The number of fused-ring (bicyclic) bond motifs is 1. The molecule has 0 fully saturated rings. The fraction of sp³-hybridized carbons (Fsp3) is 0.0769. The van der Waals surface area contributed by atoms with Crippen LogP contribution in [0.2, 0.25) is 0 Å². The Balaban J connectivity index is 1.93. The number of halogens is 2. The van der Waals surface area contributed by atoms with Crippen LogP contribution in [0, 0.1) is 11.6 Å². The summed E-state index contributed by atoms with van der Waals surface area (Å²) in [5, 5.41) is 0. The number of aromatic amines is 1. The molecule has 0 bridgehead atoms. The maximum Gasteiger partial charge on any atom is 0.177 e. The monoisotopic (exact) mass is 245 g/mol. The normalized spacial score (nSPS) is 11.0. The smallest absolute Gasteiger partial charge is 0.177 e. The number of nitrogens with zero attached hydrogens (tertiary/aromatic N) is 2. The topological polar surface area (TPSA) is 41.6 Å². The Morgan fingerprint density at radius 2 is 2.00 bits per heavy atom. The van der Waals surface area contributed by atoms with Crippen LogP contribution in [-0.2, 0) is 6.42 Å². The highest BCUT2D eigenvalue weighted by molar-refractivity contribution is 5.69. The van der Waals surface area contributed by atoms with Gasteiger partial charge in [0.1, 0.15) is 5.82 Å². The molecular formula is C13H9F2N3. The number of rotatable bonds is 2. The van der Waals surface area contributed by atoms with Crippen LogP contribution in [0.4, 0.5) is 8.78 Å². The van der Waals surface area contributed by atoms with Crippen molar-refractivity contribution in [2.45, 2.75) is 6.42 Å². The van der Waals surface area contributed by atoms with Crippen LogP contribution in [0.15, 0.2) is 36.5 Å². The van der Waals surface area contributed by atoms with Crippen molar-refractivity contribution in [1.29, 1.82) is 0 Å². The third kappa shape index (κ3) is 1.95. The van der Waals surface area contributed by atoms with Gasteiger partial charge in [-0.05, 0) is 29.8 Å². The first-order valence-electron chi connectivity index (χ1n) is 5.46. The summed E-state index contributed by atoms with van der Waals surface area (Å²) in [6.45, 7) is 0. The van der Waals surface area contributed by atoms with E-state index < -0.39 is 11.6 Å². The molecule has 2 aromatic heterocycles. The zero-order valence-corrected chi connectivity index (χ0v) is 9.32. The molecule has 0 aliphatic rings. The van der Waals surface area contributed by atoms with E-state index in [1.807, 2.05) is 12.1 Å². The maximum absolute atomic E-state index is 13.1. The van der Waals surface area contributed by atoms with Crippen LogP contribution in [0.25, 0.3) is 11.2 Å². The van der Waals surface area contributed by atoms with E-state index in [0.29, 0.717) is 23.5 Å². The molecular weight excluding hydrogens is 236 g/mol. The standard InChI is InChI=1S/C13H9F2N3/c14-9-4-3-8(6-10(9)15)7-12-17-11-2-1-5-16-13(11)18-12/h1-6H,7H2,(H,16,17,18). The second-order valence-electron chi connectivity index (χ2n) is 3.98. The van der Waals surface area contributed by atoms with Crippen molar-refractivity contribution in [2.24, 2.45) is 0 Å². The highest BCUT2D eigenvalue weighted by atomic mass is 19.2. The van der Waals surface area contributed by atoms with Crippen LogP contribution in [0.1, 0.15) is 11.4 Å². The van der Waals surface area contributed by atoms with Crippen LogP contribution in [0.5, 0.6) is 0 Å². The van der Waals surface area contributed by atoms with Crippen LogP contribution in [0.3, 0.4) is 0 Å². The predicted octanol–water partition coefficient (Wildman–Crippen LogP) is 2.83. The molecule has 0 saturated carbocycles. The summed E-state index contributed by atoms with van der Waals surface area (Å²) in [5.74, 6) is -1.01. The average Bonchev–Trinajstić information content (AvgIpc) is 2.76. The Hall–Kier alpha value is -2.30. The first kappa shape index (κ1) is 10.8. The van der Waals surface area contributed by atoms with Crippen LogP contribution in [-0.4, -0.2) is 15.0 Å². The largest absolute Gasteiger partial charge is 0.340 e. The minimum atomic E-state index is -0.846. The molecule has 0 radical (unpaired) electrons. The van der Waals surface area contributed by atoms with Gasteiger partial charge in [0.25, 0.3) is 0 Å². The summed E-state index contributed by atoms with van der Waals surface area (Å²) < 4.78 is 25.9. The van der Waals surface area contributed by atoms with E-state index in [-0.39, 0.29) is 0 Å². The molecule has 90 valence electrons. The molecule has 18 heavy (non-hydrogen) atoms. The number of aromatic nitrogens is 3. The third-order valence-corrected chi connectivity index (χ3v) is 2.66. The van der Waals surface area contributed by atoms with Crippen molar-refractivity contribution in [3.63, 3.8) is 0 Å². The lowest BCUT2D eigenvalue weighted by molar-refractivity contribution is 0.507. The molecule has 0 saturated heterocycles. The molecule has 1 N–H and O–H groups in total. The molecule has 0 spiro atoms. The molecule has 0 aliphatic heterocycles. The molecule has 5 heteroatoms. The Labute approximate surface area is 102 Å². The SMILES string of the molecule is Fc1ccc(Cc2nc3ncccc3[nH]2)cc1F. The Bertz CT molecular complexity index is 673. The van der Waals surface area contributed by atoms with Crippen molar-refractivity contribution < 1.29 is 8.78 Å². The van der Waals surface area contributed by atoms with Crippen molar-refractivity contribution in [3.05, 3.63) is 59.6 Å². The second-order valence-corrected chi connectivity index (χ2v) is 3.98. The summed E-state index contributed by atoms with van der Waals surface area (Å²) in [5.41, 5.74) is 2.11. The lowest BCUT2D eigenvalue weighted by Crippen LogP contribution is -1.93. The average molecular weight is 245 g/mol. The number of hydrogen-bond donors (Lipinski definition) is 1. The van der Waals surface area contributed by atoms with Gasteiger partial charge in [-0.15, -0.1) is 0 Å². The van der Waals surface area contributed by atoms with Gasteiger partial charge in [0.15, 0.2) is 17.3 Å². The lowest BCUT2D eigenvalue weighted by Gasteiger charge is -1.99. The molecule has 0 amide bonds. The summed E-state index contributed by atoms with van der Waals surface area (Å²) in [6, 6.07) is 7.51. The summed E-state index contributed by atoms with van der Waals surface area (Å²) in [4.78, 5) is 11.5. The molecule has 0 aliphatic carbocycles. The predicted molar refractivity (Wildman–Crippen MR) is 63.1 cm³/mol. The van der Waals surface area contributed by atoms with Gasteiger partial charge < -0.3 is 4.98 Å². The van der Waals surface area contributed by atoms with E-state index in [9.17, 15) is 8.78 Å². The summed E-state index contributed by atoms with van der Waals surface area (Å²) in [7, 11) is 0.